The fourth-order valence-corrected chi connectivity index (χ4v) is 5.03. The van der Waals surface area contributed by atoms with E-state index >= 15 is 0 Å². The number of ether oxygens (including phenoxy) is 2. The SMILES string of the molecule is CNc1nccn1Cc1cc2c(c(N3CC(OC)C3)c1)CCN(C(C)c1cc(OC)c(F)cn1)C2=O. The molecule has 36 heavy (non-hydrogen) atoms. The molecule has 0 saturated carbocycles. The topological polar surface area (TPSA) is 84.8 Å². The van der Waals surface area contributed by atoms with Crippen molar-refractivity contribution in [2.45, 2.75) is 32.0 Å². The van der Waals surface area contributed by atoms with Crippen LogP contribution in [0, 0.1) is 5.82 Å². The van der Waals surface area contributed by atoms with Gasteiger partial charge in [-0.15, -0.1) is 0 Å². The van der Waals surface area contributed by atoms with E-state index in [1.165, 1.54) is 7.11 Å². The molecule has 10 heteroatoms. The molecule has 1 saturated heterocycles. The zero-order valence-corrected chi connectivity index (χ0v) is 21.0. The summed E-state index contributed by atoms with van der Waals surface area (Å²) in [5.41, 5.74) is 4.45. The Morgan fingerprint density at radius 2 is 2.03 bits per heavy atom. The van der Waals surface area contributed by atoms with E-state index in [9.17, 15) is 9.18 Å². The first-order valence-corrected chi connectivity index (χ1v) is 12.1. The molecule has 1 N–H and O–H groups in total. The molecule has 190 valence electrons. The van der Waals surface area contributed by atoms with Crippen LogP contribution in [0.5, 0.6) is 5.75 Å². The van der Waals surface area contributed by atoms with Gasteiger partial charge < -0.3 is 29.2 Å². The number of fused-ring (bicyclic) bond motifs is 1. The molecule has 4 heterocycles. The molecule has 1 aromatic carbocycles. The molecular formula is C26H31FN6O3. The summed E-state index contributed by atoms with van der Waals surface area (Å²) in [4.78, 5) is 26.5. The molecule has 1 amide bonds. The van der Waals surface area contributed by atoms with E-state index in [4.69, 9.17) is 9.47 Å². The number of anilines is 2. The third kappa shape index (κ3) is 4.26. The second-order valence-electron chi connectivity index (χ2n) is 9.20. The van der Waals surface area contributed by atoms with Gasteiger partial charge in [0.05, 0.1) is 37.7 Å². The molecule has 9 nitrogen and oxygen atoms in total. The van der Waals surface area contributed by atoms with Gasteiger partial charge in [0.1, 0.15) is 0 Å². The van der Waals surface area contributed by atoms with Crippen LogP contribution in [-0.2, 0) is 17.7 Å². The zero-order valence-electron chi connectivity index (χ0n) is 21.0. The van der Waals surface area contributed by atoms with E-state index in [0.29, 0.717) is 24.3 Å². The summed E-state index contributed by atoms with van der Waals surface area (Å²) in [6.45, 7) is 4.64. The molecule has 1 unspecified atom stereocenters. The van der Waals surface area contributed by atoms with E-state index in [2.05, 4.69) is 26.3 Å². The lowest BCUT2D eigenvalue weighted by molar-refractivity contribution is 0.0667. The zero-order chi connectivity index (χ0) is 25.4. The number of carbonyl (C=O) groups excluding carboxylic acids is 1. The first-order chi connectivity index (χ1) is 17.4. The summed E-state index contributed by atoms with van der Waals surface area (Å²) in [5.74, 6) is 0.297. The van der Waals surface area contributed by atoms with Crippen molar-refractivity contribution < 1.29 is 18.7 Å². The number of benzene rings is 1. The Balaban J connectivity index is 1.49. The van der Waals surface area contributed by atoms with E-state index in [-0.39, 0.29) is 23.8 Å². The summed E-state index contributed by atoms with van der Waals surface area (Å²) in [5, 5.41) is 3.10. The number of nitrogens with one attached hydrogen (secondary N) is 1. The average molecular weight is 495 g/mol. The van der Waals surface area contributed by atoms with Gasteiger partial charge in [0, 0.05) is 63.5 Å². The molecule has 2 aliphatic heterocycles. The minimum Gasteiger partial charge on any atom is -0.494 e. The molecule has 5 rings (SSSR count). The number of nitrogens with zero attached hydrogens (tertiary/aromatic N) is 5. The lowest BCUT2D eigenvalue weighted by atomic mass is 9.91. The number of halogens is 1. The number of hydrogen-bond acceptors (Lipinski definition) is 7. The maximum absolute atomic E-state index is 13.9. The lowest BCUT2D eigenvalue weighted by Gasteiger charge is -2.43. The van der Waals surface area contributed by atoms with Crippen LogP contribution in [-0.4, -0.2) is 72.3 Å². The van der Waals surface area contributed by atoms with Gasteiger partial charge in [-0.2, -0.15) is 0 Å². The fourth-order valence-electron chi connectivity index (χ4n) is 5.03. The molecule has 0 radical (unpaired) electrons. The highest BCUT2D eigenvalue weighted by atomic mass is 19.1. The van der Waals surface area contributed by atoms with Crippen molar-refractivity contribution in [1.29, 1.82) is 0 Å². The van der Waals surface area contributed by atoms with Crippen LogP contribution >= 0.6 is 0 Å². The summed E-state index contributed by atoms with van der Waals surface area (Å²) >= 11 is 0. The Hall–Kier alpha value is -3.66. The van der Waals surface area contributed by atoms with E-state index in [0.717, 1.165) is 48.5 Å². The molecule has 3 aromatic rings. The van der Waals surface area contributed by atoms with Crippen LogP contribution in [0.3, 0.4) is 0 Å². The van der Waals surface area contributed by atoms with Gasteiger partial charge in [-0.25, -0.2) is 9.37 Å². The number of rotatable bonds is 8. The predicted octanol–water partition coefficient (Wildman–Crippen LogP) is 3.11. The summed E-state index contributed by atoms with van der Waals surface area (Å²) < 4.78 is 26.6. The van der Waals surface area contributed by atoms with Gasteiger partial charge in [0.2, 0.25) is 5.95 Å². The van der Waals surface area contributed by atoms with Crippen molar-refractivity contribution in [2.24, 2.45) is 0 Å². The predicted molar refractivity (Wildman–Crippen MR) is 134 cm³/mol. The first-order valence-electron chi connectivity index (χ1n) is 12.1. The molecule has 1 fully saturated rings. The highest BCUT2D eigenvalue weighted by molar-refractivity contribution is 5.99. The third-order valence-corrected chi connectivity index (χ3v) is 7.15. The molecule has 2 aromatic heterocycles. The molecular weight excluding hydrogens is 463 g/mol. The van der Waals surface area contributed by atoms with Crippen LogP contribution in [0.25, 0.3) is 0 Å². The number of pyridine rings is 1. The van der Waals surface area contributed by atoms with Crippen LogP contribution in [0.2, 0.25) is 0 Å². The number of amides is 1. The van der Waals surface area contributed by atoms with Gasteiger partial charge in [-0.1, -0.05) is 0 Å². The van der Waals surface area contributed by atoms with E-state index < -0.39 is 5.82 Å². The van der Waals surface area contributed by atoms with Gasteiger partial charge in [-0.3, -0.25) is 9.78 Å². The van der Waals surface area contributed by atoms with Gasteiger partial charge in [0.15, 0.2) is 11.6 Å². The second-order valence-corrected chi connectivity index (χ2v) is 9.20. The van der Waals surface area contributed by atoms with Gasteiger partial charge >= 0.3 is 0 Å². The Bertz CT molecular complexity index is 1270. The minimum absolute atomic E-state index is 0.0553. The summed E-state index contributed by atoms with van der Waals surface area (Å²) in [6, 6.07) is 5.40. The largest absolute Gasteiger partial charge is 0.494 e. The molecule has 1 atom stereocenters. The highest BCUT2D eigenvalue weighted by Crippen LogP contribution is 2.36. The number of aromatic nitrogens is 3. The summed E-state index contributed by atoms with van der Waals surface area (Å²) in [6.07, 6.45) is 5.73. The number of carbonyl (C=O) groups is 1. The van der Waals surface area contributed by atoms with Crippen LogP contribution in [0.1, 0.15) is 40.1 Å². The van der Waals surface area contributed by atoms with Crippen LogP contribution < -0.4 is 15.0 Å². The maximum atomic E-state index is 13.9. The number of imidazole rings is 1. The molecule has 0 aliphatic carbocycles. The molecule has 0 spiro atoms. The van der Waals surface area contributed by atoms with Crippen molar-refractivity contribution in [2.75, 3.05) is 51.1 Å². The first kappa shape index (κ1) is 24.1. The molecule has 0 bridgehead atoms. The van der Waals surface area contributed by atoms with Gasteiger partial charge in [-0.05, 0) is 36.6 Å². The quantitative estimate of drug-likeness (QED) is 0.515. The Morgan fingerprint density at radius 3 is 2.75 bits per heavy atom. The van der Waals surface area contributed by atoms with Crippen LogP contribution in [0.15, 0.2) is 36.8 Å². The number of hydrogen-bond donors (Lipinski definition) is 1. The van der Waals surface area contributed by atoms with Crippen molar-refractivity contribution in [3.63, 3.8) is 0 Å². The Labute approximate surface area is 209 Å². The Kier molecular flexibility index (Phi) is 6.53. The smallest absolute Gasteiger partial charge is 0.254 e. The number of methoxy groups -OCH3 is 2. The maximum Gasteiger partial charge on any atom is 0.254 e. The third-order valence-electron chi connectivity index (χ3n) is 7.15. The summed E-state index contributed by atoms with van der Waals surface area (Å²) in [7, 11) is 4.98. The van der Waals surface area contributed by atoms with Crippen LogP contribution in [0.4, 0.5) is 16.0 Å². The molecule has 2 aliphatic rings. The second kappa shape index (κ2) is 9.77. The lowest BCUT2D eigenvalue weighted by Crippen LogP contribution is -2.52. The van der Waals surface area contributed by atoms with E-state index in [1.807, 2.05) is 30.8 Å². The highest BCUT2D eigenvalue weighted by Gasteiger charge is 2.35. The van der Waals surface area contributed by atoms with Crippen molar-refractivity contribution in [1.82, 2.24) is 19.4 Å². The van der Waals surface area contributed by atoms with Crippen molar-refractivity contribution in [3.05, 3.63) is 65.0 Å². The van der Waals surface area contributed by atoms with Gasteiger partial charge in [0.25, 0.3) is 5.91 Å². The monoisotopic (exact) mass is 494 g/mol. The van der Waals surface area contributed by atoms with Crippen molar-refractivity contribution >= 4 is 17.5 Å². The normalized spacial score (nSPS) is 16.5. The Morgan fingerprint density at radius 1 is 1.22 bits per heavy atom. The van der Waals surface area contributed by atoms with Crippen molar-refractivity contribution in [3.8, 4) is 5.75 Å². The minimum atomic E-state index is -0.526. The average Bonchev–Trinajstić information content (AvgIpc) is 3.31. The standard InChI is InChI=1S/C26H31FN6O3/c1-16(22-11-24(36-4)21(27)12-30-22)33-7-5-19-20(25(33)34)9-17(13-31-8-6-29-26(31)28-2)10-23(19)32-14-18(15-32)35-3/h6,8-12,16,18H,5,7,13-15H2,1-4H3,(H,28,29). The fraction of sp³-hybridized carbons (Fsp3) is 0.423. The van der Waals surface area contributed by atoms with E-state index in [1.54, 1.807) is 24.3 Å².